The third-order valence-corrected chi connectivity index (χ3v) is 2.65. The number of benzene rings is 1. The van der Waals surface area contributed by atoms with Crippen molar-refractivity contribution < 1.29 is 9.53 Å². The smallest absolute Gasteiger partial charge is 0.224 e. The van der Waals surface area contributed by atoms with Crippen molar-refractivity contribution in [3.05, 3.63) is 29.8 Å². The molecule has 0 bridgehead atoms. The third-order valence-electron chi connectivity index (χ3n) is 2.38. The van der Waals surface area contributed by atoms with E-state index in [2.05, 4.69) is 5.32 Å². The number of halogens is 1. The van der Waals surface area contributed by atoms with Crippen molar-refractivity contribution >= 4 is 23.2 Å². The number of carbonyl (C=O) groups is 1. The van der Waals surface area contributed by atoms with Crippen LogP contribution in [0.3, 0.4) is 0 Å². The van der Waals surface area contributed by atoms with Crippen molar-refractivity contribution in [1.29, 1.82) is 0 Å². The fraction of sp³-hybridized carbons (Fsp3) is 0.462. The Morgan fingerprint density at radius 1 is 1.35 bits per heavy atom. The molecule has 0 aliphatic carbocycles. The van der Waals surface area contributed by atoms with Gasteiger partial charge < -0.3 is 10.1 Å². The molecule has 0 fully saturated rings. The van der Waals surface area contributed by atoms with Gasteiger partial charge in [0.05, 0.1) is 6.61 Å². The van der Waals surface area contributed by atoms with Crippen LogP contribution < -0.4 is 5.32 Å². The summed E-state index contributed by atoms with van der Waals surface area (Å²) in [5.74, 6) is 0.631. The van der Waals surface area contributed by atoms with Gasteiger partial charge in [0.2, 0.25) is 5.91 Å². The summed E-state index contributed by atoms with van der Waals surface area (Å²) in [7, 11) is 1.64. The molecule has 4 heteroatoms. The van der Waals surface area contributed by atoms with E-state index >= 15 is 0 Å². The quantitative estimate of drug-likeness (QED) is 0.600. The number of carbonyl (C=O) groups excluding carboxylic acids is 1. The molecule has 1 amide bonds. The zero-order chi connectivity index (χ0) is 12.5. The van der Waals surface area contributed by atoms with E-state index < -0.39 is 0 Å². The van der Waals surface area contributed by atoms with Crippen molar-refractivity contribution in [2.24, 2.45) is 0 Å². The number of ether oxygens (including phenoxy) is 1. The number of hydrogen-bond acceptors (Lipinski definition) is 2. The summed E-state index contributed by atoms with van der Waals surface area (Å²) < 4.78 is 5.08. The zero-order valence-electron chi connectivity index (χ0n) is 10.0. The van der Waals surface area contributed by atoms with E-state index in [9.17, 15) is 4.79 Å². The number of alkyl halides is 1. The number of methoxy groups -OCH3 is 1. The van der Waals surface area contributed by atoms with Gasteiger partial charge in [0, 0.05) is 30.7 Å². The fourth-order valence-corrected chi connectivity index (χ4v) is 1.71. The first kappa shape index (κ1) is 14.0. The Hall–Kier alpha value is -1.06. The first-order valence-corrected chi connectivity index (χ1v) is 6.24. The van der Waals surface area contributed by atoms with E-state index in [0.29, 0.717) is 18.9 Å². The Labute approximate surface area is 107 Å². The van der Waals surface area contributed by atoms with Crippen molar-refractivity contribution in [2.75, 3.05) is 18.3 Å². The first-order valence-electron chi connectivity index (χ1n) is 5.70. The summed E-state index contributed by atoms with van der Waals surface area (Å²) in [4.78, 5) is 11.6. The molecule has 0 heterocycles. The van der Waals surface area contributed by atoms with Crippen LogP contribution in [0.1, 0.15) is 24.8 Å². The van der Waals surface area contributed by atoms with Crippen molar-refractivity contribution in [3.8, 4) is 0 Å². The molecule has 0 aliphatic rings. The Morgan fingerprint density at radius 3 is 2.82 bits per heavy atom. The van der Waals surface area contributed by atoms with Crippen molar-refractivity contribution in [3.63, 3.8) is 0 Å². The van der Waals surface area contributed by atoms with E-state index in [0.717, 1.165) is 24.1 Å². The SMILES string of the molecule is COCc1ccccc1NC(=O)CCCCCl. The molecule has 1 aromatic rings. The van der Waals surface area contributed by atoms with Crippen LogP contribution in [0.25, 0.3) is 0 Å². The van der Waals surface area contributed by atoms with Gasteiger partial charge in [-0.3, -0.25) is 4.79 Å². The minimum atomic E-state index is 0.0265. The van der Waals surface area contributed by atoms with Gasteiger partial charge in [-0.1, -0.05) is 18.2 Å². The standard InChI is InChI=1S/C13H18ClNO2/c1-17-10-11-6-2-3-7-12(11)15-13(16)8-4-5-9-14/h2-3,6-7H,4-5,8-10H2,1H3,(H,15,16). The molecule has 0 atom stereocenters. The molecular weight excluding hydrogens is 238 g/mol. The van der Waals surface area contributed by atoms with Crippen LogP contribution >= 0.6 is 11.6 Å². The maximum atomic E-state index is 11.6. The molecule has 17 heavy (non-hydrogen) atoms. The second-order valence-electron chi connectivity index (χ2n) is 3.78. The zero-order valence-corrected chi connectivity index (χ0v) is 10.8. The van der Waals surface area contributed by atoms with E-state index in [1.165, 1.54) is 0 Å². The Morgan fingerprint density at radius 2 is 2.12 bits per heavy atom. The molecule has 1 rings (SSSR count). The second kappa shape index (κ2) is 8.09. The molecule has 0 saturated carbocycles. The van der Waals surface area contributed by atoms with Gasteiger partial charge in [0.15, 0.2) is 0 Å². The van der Waals surface area contributed by atoms with Gasteiger partial charge in [-0.25, -0.2) is 0 Å². The lowest BCUT2D eigenvalue weighted by atomic mass is 10.1. The highest BCUT2D eigenvalue weighted by molar-refractivity contribution is 6.17. The van der Waals surface area contributed by atoms with Gasteiger partial charge in [0.25, 0.3) is 0 Å². The molecule has 0 spiro atoms. The third kappa shape index (κ3) is 5.20. The number of para-hydroxylation sites is 1. The van der Waals surface area contributed by atoms with E-state index in [1.54, 1.807) is 7.11 Å². The Kier molecular flexibility index (Phi) is 6.67. The highest BCUT2D eigenvalue weighted by Crippen LogP contribution is 2.16. The lowest BCUT2D eigenvalue weighted by Gasteiger charge is -2.10. The van der Waals surface area contributed by atoms with Gasteiger partial charge in [0.1, 0.15) is 0 Å². The minimum Gasteiger partial charge on any atom is -0.380 e. The summed E-state index contributed by atoms with van der Waals surface area (Å²) in [5.41, 5.74) is 1.81. The van der Waals surface area contributed by atoms with Crippen LogP contribution in [0.5, 0.6) is 0 Å². The maximum absolute atomic E-state index is 11.6. The fourth-order valence-electron chi connectivity index (χ4n) is 1.52. The summed E-state index contributed by atoms with van der Waals surface area (Å²) in [6.45, 7) is 0.498. The average molecular weight is 256 g/mol. The number of rotatable bonds is 7. The topological polar surface area (TPSA) is 38.3 Å². The summed E-state index contributed by atoms with van der Waals surface area (Å²) in [5, 5.41) is 2.89. The average Bonchev–Trinajstić information content (AvgIpc) is 2.32. The molecule has 0 unspecified atom stereocenters. The largest absolute Gasteiger partial charge is 0.380 e. The highest BCUT2D eigenvalue weighted by Gasteiger charge is 2.05. The maximum Gasteiger partial charge on any atom is 0.224 e. The van der Waals surface area contributed by atoms with Gasteiger partial charge in [-0.05, 0) is 18.9 Å². The molecule has 94 valence electrons. The lowest BCUT2D eigenvalue weighted by molar-refractivity contribution is -0.116. The second-order valence-corrected chi connectivity index (χ2v) is 4.16. The van der Waals surface area contributed by atoms with Gasteiger partial charge >= 0.3 is 0 Å². The first-order chi connectivity index (χ1) is 8.27. The van der Waals surface area contributed by atoms with Gasteiger partial charge in [-0.2, -0.15) is 0 Å². The molecule has 3 nitrogen and oxygen atoms in total. The van der Waals surface area contributed by atoms with Crippen molar-refractivity contribution in [1.82, 2.24) is 0 Å². The molecule has 1 aromatic carbocycles. The van der Waals surface area contributed by atoms with Crippen LogP contribution in [-0.2, 0) is 16.1 Å². The minimum absolute atomic E-state index is 0.0265. The number of unbranched alkanes of at least 4 members (excludes halogenated alkanes) is 1. The monoisotopic (exact) mass is 255 g/mol. The Bertz CT molecular complexity index is 355. The molecule has 0 aliphatic heterocycles. The number of amides is 1. The number of anilines is 1. The molecular formula is C13H18ClNO2. The van der Waals surface area contributed by atoms with Crippen LogP contribution in [-0.4, -0.2) is 18.9 Å². The molecule has 0 aromatic heterocycles. The van der Waals surface area contributed by atoms with Crippen LogP contribution in [0.4, 0.5) is 5.69 Å². The van der Waals surface area contributed by atoms with Crippen LogP contribution in [0.2, 0.25) is 0 Å². The highest BCUT2D eigenvalue weighted by atomic mass is 35.5. The van der Waals surface area contributed by atoms with E-state index in [1.807, 2.05) is 24.3 Å². The summed E-state index contributed by atoms with van der Waals surface area (Å²) in [6, 6.07) is 7.65. The summed E-state index contributed by atoms with van der Waals surface area (Å²) in [6.07, 6.45) is 2.20. The molecule has 1 N–H and O–H groups in total. The van der Waals surface area contributed by atoms with Crippen LogP contribution in [0.15, 0.2) is 24.3 Å². The van der Waals surface area contributed by atoms with Crippen molar-refractivity contribution in [2.45, 2.75) is 25.9 Å². The molecule has 0 saturated heterocycles. The molecule has 0 radical (unpaired) electrons. The van der Waals surface area contributed by atoms with E-state index in [4.69, 9.17) is 16.3 Å². The number of hydrogen-bond donors (Lipinski definition) is 1. The predicted molar refractivity (Wildman–Crippen MR) is 70.4 cm³/mol. The number of nitrogens with one attached hydrogen (secondary N) is 1. The lowest BCUT2D eigenvalue weighted by Crippen LogP contribution is -2.12. The summed E-state index contributed by atoms with van der Waals surface area (Å²) >= 11 is 5.56. The normalized spacial score (nSPS) is 10.2. The predicted octanol–water partition coefficient (Wildman–Crippen LogP) is 3.18. The Balaban J connectivity index is 2.52. The van der Waals surface area contributed by atoms with E-state index in [-0.39, 0.29) is 5.91 Å². The van der Waals surface area contributed by atoms with Crippen LogP contribution in [0, 0.1) is 0 Å². The van der Waals surface area contributed by atoms with Gasteiger partial charge in [-0.15, -0.1) is 11.6 Å².